The van der Waals surface area contributed by atoms with Crippen LogP contribution in [0, 0.1) is 0 Å². The lowest BCUT2D eigenvalue weighted by atomic mass is 10.1. The number of nitrogens with two attached hydrogens (primary N) is 1. The van der Waals surface area contributed by atoms with E-state index in [4.69, 9.17) is 5.73 Å². The number of benzene rings is 1. The molecule has 0 atom stereocenters. The largest absolute Gasteiger partial charge is 0.383 e. The smallest absolute Gasteiger partial charge is 0.253 e. The van der Waals surface area contributed by atoms with Crippen molar-refractivity contribution in [3.05, 3.63) is 36.0 Å². The van der Waals surface area contributed by atoms with Gasteiger partial charge >= 0.3 is 0 Å². The number of amides is 1. The molecule has 0 aliphatic carbocycles. The van der Waals surface area contributed by atoms with Gasteiger partial charge in [0.25, 0.3) is 5.91 Å². The molecular weight excluding hydrogens is 250 g/mol. The summed E-state index contributed by atoms with van der Waals surface area (Å²) >= 11 is 0. The molecule has 0 aliphatic rings. The molecule has 4 heteroatoms. The van der Waals surface area contributed by atoms with E-state index in [1.807, 2.05) is 24.3 Å². The van der Waals surface area contributed by atoms with Crippen LogP contribution in [-0.4, -0.2) is 17.4 Å². The Hall–Kier alpha value is -2.10. The fourth-order valence-electron chi connectivity index (χ4n) is 2.24. The van der Waals surface area contributed by atoms with Crippen LogP contribution >= 0.6 is 0 Å². The molecule has 1 aromatic carbocycles. The molecule has 1 aromatic heterocycles. The zero-order valence-electron chi connectivity index (χ0n) is 11.9. The van der Waals surface area contributed by atoms with Crippen molar-refractivity contribution < 1.29 is 4.79 Å². The first kappa shape index (κ1) is 14.3. The average molecular weight is 271 g/mol. The Kier molecular flexibility index (Phi) is 4.93. The van der Waals surface area contributed by atoms with Crippen LogP contribution in [0.1, 0.15) is 43.0 Å². The first-order chi connectivity index (χ1) is 9.74. The third-order valence-electron chi connectivity index (χ3n) is 3.39. The van der Waals surface area contributed by atoms with Crippen LogP contribution in [0.3, 0.4) is 0 Å². The number of unbranched alkanes of at least 4 members (excludes halogenated alkanes) is 3. The van der Waals surface area contributed by atoms with Crippen LogP contribution < -0.4 is 11.1 Å². The maximum Gasteiger partial charge on any atom is 0.253 e. The van der Waals surface area contributed by atoms with Gasteiger partial charge < -0.3 is 11.1 Å². The van der Waals surface area contributed by atoms with Crippen molar-refractivity contribution in [3.8, 4) is 0 Å². The van der Waals surface area contributed by atoms with Gasteiger partial charge in [0.05, 0.1) is 5.56 Å². The standard InChI is InChI=1S/C16H21N3O/c1-2-3-4-7-10-18-16(20)14-11-19-15(17)13-9-6-5-8-12(13)14/h5-6,8-9,11H,2-4,7,10H2,1H3,(H2,17,19)(H,18,20). The summed E-state index contributed by atoms with van der Waals surface area (Å²) in [6, 6.07) is 7.58. The zero-order chi connectivity index (χ0) is 14.4. The second-order valence-corrected chi connectivity index (χ2v) is 4.92. The highest BCUT2D eigenvalue weighted by Gasteiger charge is 2.11. The van der Waals surface area contributed by atoms with E-state index >= 15 is 0 Å². The summed E-state index contributed by atoms with van der Waals surface area (Å²) in [6.07, 6.45) is 6.12. The Balaban J connectivity index is 2.09. The van der Waals surface area contributed by atoms with Gasteiger partial charge in [-0.2, -0.15) is 0 Å². The summed E-state index contributed by atoms with van der Waals surface area (Å²) in [4.78, 5) is 16.3. The second-order valence-electron chi connectivity index (χ2n) is 4.92. The van der Waals surface area contributed by atoms with E-state index in [-0.39, 0.29) is 5.91 Å². The SMILES string of the molecule is CCCCCCNC(=O)c1cnc(N)c2ccccc12. The lowest BCUT2D eigenvalue weighted by Crippen LogP contribution is -2.25. The minimum absolute atomic E-state index is 0.0785. The zero-order valence-corrected chi connectivity index (χ0v) is 11.9. The Labute approximate surface area is 119 Å². The summed E-state index contributed by atoms with van der Waals surface area (Å²) < 4.78 is 0. The summed E-state index contributed by atoms with van der Waals surface area (Å²) in [5.74, 6) is 0.380. The van der Waals surface area contributed by atoms with Crippen LogP contribution in [0.2, 0.25) is 0 Å². The van der Waals surface area contributed by atoms with Crippen LogP contribution in [0.25, 0.3) is 10.8 Å². The molecule has 1 heterocycles. The third-order valence-corrected chi connectivity index (χ3v) is 3.39. The van der Waals surface area contributed by atoms with Gasteiger partial charge in [-0.1, -0.05) is 50.5 Å². The van der Waals surface area contributed by atoms with E-state index < -0.39 is 0 Å². The molecule has 0 bridgehead atoms. The van der Waals surface area contributed by atoms with Gasteiger partial charge in [0, 0.05) is 18.1 Å². The lowest BCUT2D eigenvalue weighted by Gasteiger charge is -2.09. The minimum atomic E-state index is -0.0785. The number of carbonyl (C=O) groups is 1. The van der Waals surface area contributed by atoms with Gasteiger partial charge in [0.2, 0.25) is 0 Å². The molecule has 0 fully saturated rings. The molecule has 2 aromatic rings. The van der Waals surface area contributed by atoms with Crippen LogP contribution in [0.15, 0.2) is 30.5 Å². The Morgan fingerprint density at radius 2 is 1.95 bits per heavy atom. The molecular formula is C16H21N3O. The fourth-order valence-corrected chi connectivity index (χ4v) is 2.24. The first-order valence-electron chi connectivity index (χ1n) is 7.15. The number of rotatable bonds is 6. The maximum absolute atomic E-state index is 12.2. The minimum Gasteiger partial charge on any atom is -0.383 e. The van der Waals surface area contributed by atoms with Crippen molar-refractivity contribution in [2.45, 2.75) is 32.6 Å². The van der Waals surface area contributed by atoms with Gasteiger partial charge in [-0.05, 0) is 11.8 Å². The van der Waals surface area contributed by atoms with Crippen LogP contribution in [0.4, 0.5) is 5.82 Å². The van der Waals surface area contributed by atoms with E-state index in [1.165, 1.54) is 12.8 Å². The van der Waals surface area contributed by atoms with Crippen molar-refractivity contribution in [3.63, 3.8) is 0 Å². The second kappa shape index (κ2) is 6.89. The number of hydrogen-bond acceptors (Lipinski definition) is 3. The monoisotopic (exact) mass is 271 g/mol. The molecule has 0 unspecified atom stereocenters. The highest BCUT2D eigenvalue weighted by molar-refractivity contribution is 6.08. The Bertz CT molecular complexity index is 595. The van der Waals surface area contributed by atoms with Crippen molar-refractivity contribution in [2.24, 2.45) is 0 Å². The molecule has 0 saturated heterocycles. The molecule has 2 rings (SSSR count). The number of nitrogens with zero attached hydrogens (tertiary/aromatic N) is 1. The Morgan fingerprint density at radius 3 is 2.70 bits per heavy atom. The van der Waals surface area contributed by atoms with E-state index in [9.17, 15) is 4.79 Å². The van der Waals surface area contributed by atoms with E-state index in [2.05, 4.69) is 17.2 Å². The summed E-state index contributed by atoms with van der Waals surface area (Å²) in [5.41, 5.74) is 6.43. The summed E-state index contributed by atoms with van der Waals surface area (Å²) in [5, 5.41) is 4.63. The van der Waals surface area contributed by atoms with Gasteiger partial charge in [-0.3, -0.25) is 4.79 Å². The number of anilines is 1. The number of hydrogen-bond donors (Lipinski definition) is 2. The normalized spacial score (nSPS) is 10.7. The van der Waals surface area contributed by atoms with Crippen molar-refractivity contribution in [2.75, 3.05) is 12.3 Å². The van der Waals surface area contributed by atoms with Crippen LogP contribution in [0.5, 0.6) is 0 Å². The number of fused-ring (bicyclic) bond motifs is 1. The van der Waals surface area contributed by atoms with Gasteiger partial charge in [0.1, 0.15) is 5.82 Å². The topological polar surface area (TPSA) is 68.0 Å². The highest BCUT2D eigenvalue weighted by Crippen LogP contribution is 2.22. The van der Waals surface area contributed by atoms with E-state index in [0.717, 1.165) is 23.6 Å². The quantitative estimate of drug-likeness (QED) is 0.793. The van der Waals surface area contributed by atoms with Gasteiger partial charge in [-0.25, -0.2) is 4.98 Å². The molecule has 1 amide bonds. The molecule has 0 spiro atoms. The number of pyridine rings is 1. The predicted octanol–water partition coefficient (Wildman–Crippen LogP) is 3.13. The van der Waals surface area contributed by atoms with Crippen molar-refractivity contribution in [1.29, 1.82) is 0 Å². The van der Waals surface area contributed by atoms with E-state index in [0.29, 0.717) is 17.9 Å². The number of nitrogen functional groups attached to an aromatic ring is 1. The average Bonchev–Trinajstić information content (AvgIpc) is 2.47. The molecule has 0 radical (unpaired) electrons. The molecule has 4 nitrogen and oxygen atoms in total. The summed E-state index contributed by atoms with van der Waals surface area (Å²) in [6.45, 7) is 2.88. The number of carbonyl (C=O) groups excluding carboxylic acids is 1. The first-order valence-corrected chi connectivity index (χ1v) is 7.15. The van der Waals surface area contributed by atoms with Gasteiger partial charge in [0.15, 0.2) is 0 Å². The summed E-state index contributed by atoms with van der Waals surface area (Å²) in [7, 11) is 0. The highest BCUT2D eigenvalue weighted by atomic mass is 16.1. The third kappa shape index (κ3) is 3.26. The molecule has 20 heavy (non-hydrogen) atoms. The predicted molar refractivity (Wildman–Crippen MR) is 82.6 cm³/mol. The van der Waals surface area contributed by atoms with Gasteiger partial charge in [-0.15, -0.1) is 0 Å². The molecule has 0 aliphatic heterocycles. The molecule has 106 valence electrons. The number of nitrogens with one attached hydrogen (secondary N) is 1. The number of aromatic nitrogens is 1. The van der Waals surface area contributed by atoms with E-state index in [1.54, 1.807) is 6.20 Å². The Morgan fingerprint density at radius 1 is 1.20 bits per heavy atom. The maximum atomic E-state index is 12.2. The van der Waals surface area contributed by atoms with Crippen molar-refractivity contribution in [1.82, 2.24) is 10.3 Å². The molecule has 0 saturated carbocycles. The van der Waals surface area contributed by atoms with Crippen LogP contribution in [-0.2, 0) is 0 Å². The molecule has 3 N–H and O–H groups in total. The lowest BCUT2D eigenvalue weighted by molar-refractivity contribution is 0.0954. The van der Waals surface area contributed by atoms with Crippen molar-refractivity contribution >= 4 is 22.5 Å². The fraction of sp³-hybridized carbons (Fsp3) is 0.375.